The standard InChI is InChI=1S/C34H44O8/c1-17(2)25-27(38)23(18(3)35)29(40)34(42)30(41)26-28(39)24-21(15-32(26,7)16-33(25,34)8)19(10-12-22(24)37)9-11-20(36)13-14-31(4,5)6/h10,12,17,25,37-38,41-42H,9,11,13-16H2,1-8H3/t25?,32-,33-,34+/m1/s1. The van der Waals surface area contributed by atoms with E-state index in [1.807, 2.05) is 0 Å². The summed E-state index contributed by atoms with van der Waals surface area (Å²) in [6.07, 6.45) is 2.09. The maximum atomic E-state index is 14.1. The highest BCUT2D eigenvalue weighted by molar-refractivity contribution is 6.25. The number of carbonyl (C=O) groups is 4. The molecule has 8 heteroatoms. The number of phenols is 1. The molecule has 0 heterocycles. The fourth-order valence-electron chi connectivity index (χ4n) is 7.94. The molecule has 228 valence electrons. The molecule has 4 atom stereocenters. The van der Waals surface area contributed by atoms with Crippen molar-refractivity contribution >= 4 is 23.1 Å². The van der Waals surface area contributed by atoms with Gasteiger partial charge >= 0.3 is 0 Å². The molecule has 0 spiro atoms. The summed E-state index contributed by atoms with van der Waals surface area (Å²) in [4.78, 5) is 53.1. The average Bonchev–Trinajstić information content (AvgIpc) is 2.83. The highest BCUT2D eigenvalue weighted by Gasteiger charge is 2.71. The first kappa shape index (κ1) is 31.7. The molecule has 0 radical (unpaired) electrons. The summed E-state index contributed by atoms with van der Waals surface area (Å²) < 4.78 is 0. The minimum Gasteiger partial charge on any atom is -0.511 e. The number of carbonyl (C=O) groups excluding carboxylic acids is 4. The number of aromatic hydroxyl groups is 1. The fourth-order valence-corrected chi connectivity index (χ4v) is 7.94. The van der Waals surface area contributed by atoms with Crippen molar-refractivity contribution in [2.75, 3.05) is 0 Å². The van der Waals surface area contributed by atoms with Crippen LogP contribution in [-0.4, -0.2) is 49.2 Å². The first-order valence-corrected chi connectivity index (χ1v) is 14.8. The lowest BCUT2D eigenvalue weighted by atomic mass is 9.44. The molecule has 1 aromatic rings. The van der Waals surface area contributed by atoms with Crippen LogP contribution in [0.15, 0.2) is 34.8 Å². The third kappa shape index (κ3) is 4.62. The largest absolute Gasteiger partial charge is 0.511 e. The average molecular weight is 581 g/mol. The summed E-state index contributed by atoms with van der Waals surface area (Å²) >= 11 is 0. The number of aryl methyl sites for hydroxylation is 1. The molecule has 0 bridgehead atoms. The maximum Gasteiger partial charge on any atom is 0.209 e. The van der Waals surface area contributed by atoms with Crippen molar-refractivity contribution in [2.45, 2.75) is 99.5 Å². The van der Waals surface area contributed by atoms with Gasteiger partial charge in [0.05, 0.1) is 5.56 Å². The third-order valence-electron chi connectivity index (χ3n) is 9.81. The zero-order valence-electron chi connectivity index (χ0n) is 26.0. The zero-order chi connectivity index (χ0) is 31.7. The SMILES string of the molecule is CC(=O)C1=C(O)C(C(C)C)[C@@]2(C)C[C@@]3(C)Cc4c(CCC(=O)CCC(C)(C)C)ccc(O)c4C(=O)C3=C(O)[C@@]2(O)C1=O. The summed E-state index contributed by atoms with van der Waals surface area (Å²) in [5.74, 6) is -5.24. The van der Waals surface area contributed by atoms with Gasteiger partial charge < -0.3 is 20.4 Å². The molecular weight excluding hydrogens is 536 g/mol. The number of allylic oxidation sites excluding steroid dienone is 2. The van der Waals surface area contributed by atoms with Crippen LogP contribution in [0.2, 0.25) is 0 Å². The predicted octanol–water partition coefficient (Wildman–Crippen LogP) is 5.67. The number of aliphatic hydroxyl groups excluding tert-OH is 2. The molecule has 42 heavy (non-hydrogen) atoms. The molecule has 0 aliphatic heterocycles. The van der Waals surface area contributed by atoms with Gasteiger partial charge in [0.2, 0.25) is 5.78 Å². The summed E-state index contributed by atoms with van der Waals surface area (Å²) in [7, 11) is 0. The van der Waals surface area contributed by atoms with Crippen molar-refractivity contribution in [3.63, 3.8) is 0 Å². The van der Waals surface area contributed by atoms with Crippen LogP contribution in [-0.2, 0) is 27.2 Å². The number of ketones is 4. The lowest BCUT2D eigenvalue weighted by molar-refractivity contribution is -0.171. The van der Waals surface area contributed by atoms with Gasteiger partial charge in [-0.1, -0.05) is 54.5 Å². The Kier molecular flexibility index (Phi) is 7.68. The molecule has 3 aliphatic rings. The lowest BCUT2D eigenvalue weighted by Gasteiger charge is -2.59. The van der Waals surface area contributed by atoms with Gasteiger partial charge in [-0.25, -0.2) is 0 Å². The van der Waals surface area contributed by atoms with Gasteiger partial charge in [-0.15, -0.1) is 0 Å². The van der Waals surface area contributed by atoms with E-state index in [0.29, 0.717) is 18.4 Å². The van der Waals surface area contributed by atoms with E-state index >= 15 is 0 Å². The molecule has 0 saturated carbocycles. The van der Waals surface area contributed by atoms with Crippen LogP contribution in [0.4, 0.5) is 0 Å². The Bertz CT molecular complexity index is 1450. The molecular formula is C34H44O8. The van der Waals surface area contributed by atoms with Crippen molar-refractivity contribution in [1.29, 1.82) is 0 Å². The number of rotatable bonds is 7. The highest BCUT2D eigenvalue weighted by atomic mass is 16.3. The van der Waals surface area contributed by atoms with Crippen molar-refractivity contribution in [1.82, 2.24) is 0 Å². The van der Waals surface area contributed by atoms with E-state index < -0.39 is 56.8 Å². The molecule has 3 aliphatic carbocycles. The Morgan fingerprint density at radius 1 is 1.05 bits per heavy atom. The Morgan fingerprint density at radius 3 is 2.21 bits per heavy atom. The molecule has 0 aromatic heterocycles. The minimum atomic E-state index is -2.64. The van der Waals surface area contributed by atoms with Crippen molar-refractivity contribution in [2.24, 2.45) is 28.1 Å². The Morgan fingerprint density at radius 2 is 1.67 bits per heavy atom. The zero-order valence-corrected chi connectivity index (χ0v) is 26.0. The van der Waals surface area contributed by atoms with Crippen LogP contribution in [0.5, 0.6) is 5.75 Å². The van der Waals surface area contributed by atoms with Crippen LogP contribution in [0.3, 0.4) is 0 Å². The number of hydrogen-bond acceptors (Lipinski definition) is 8. The fraction of sp³-hybridized carbons (Fsp3) is 0.588. The molecule has 4 N–H and O–H groups in total. The second kappa shape index (κ2) is 10.2. The summed E-state index contributed by atoms with van der Waals surface area (Å²) in [5.41, 5.74) is -4.62. The number of aliphatic hydroxyl groups is 3. The second-order valence-electron chi connectivity index (χ2n) is 14.7. The van der Waals surface area contributed by atoms with E-state index in [9.17, 15) is 39.6 Å². The molecule has 4 rings (SSSR count). The number of benzene rings is 1. The van der Waals surface area contributed by atoms with E-state index in [1.165, 1.54) is 6.07 Å². The van der Waals surface area contributed by atoms with Gasteiger partial charge in [-0.3, -0.25) is 19.2 Å². The van der Waals surface area contributed by atoms with E-state index in [-0.39, 0.29) is 53.3 Å². The first-order valence-electron chi connectivity index (χ1n) is 14.8. The van der Waals surface area contributed by atoms with Gasteiger partial charge in [-0.05, 0) is 61.1 Å². The van der Waals surface area contributed by atoms with E-state index in [1.54, 1.807) is 33.8 Å². The topological polar surface area (TPSA) is 149 Å². The van der Waals surface area contributed by atoms with Crippen molar-refractivity contribution < 1.29 is 39.6 Å². The smallest absolute Gasteiger partial charge is 0.209 e. The molecule has 0 saturated heterocycles. The van der Waals surface area contributed by atoms with Crippen molar-refractivity contribution in [3.8, 4) is 5.75 Å². The summed E-state index contributed by atoms with van der Waals surface area (Å²) in [5, 5.41) is 45.9. The van der Waals surface area contributed by atoms with Crippen LogP contribution in [0.1, 0.15) is 103 Å². The number of phenolic OH excluding ortho intramolecular Hbond substituents is 1. The lowest BCUT2D eigenvalue weighted by Crippen LogP contribution is -2.67. The second-order valence-corrected chi connectivity index (χ2v) is 14.7. The van der Waals surface area contributed by atoms with Crippen LogP contribution in [0.25, 0.3) is 0 Å². The van der Waals surface area contributed by atoms with Crippen molar-refractivity contribution in [3.05, 3.63) is 51.5 Å². The van der Waals surface area contributed by atoms with Crippen LogP contribution < -0.4 is 0 Å². The Balaban J connectivity index is 1.85. The molecule has 0 fully saturated rings. The third-order valence-corrected chi connectivity index (χ3v) is 9.81. The van der Waals surface area contributed by atoms with Gasteiger partial charge in [0.25, 0.3) is 0 Å². The minimum absolute atomic E-state index is 0.0188. The first-order chi connectivity index (χ1) is 19.2. The van der Waals surface area contributed by atoms with E-state index in [0.717, 1.165) is 18.9 Å². The molecule has 1 unspecified atom stereocenters. The highest BCUT2D eigenvalue weighted by Crippen LogP contribution is 2.65. The number of Topliss-reactive ketones (excluding diaryl/α,β-unsaturated/α-hetero) is 4. The Hall–Kier alpha value is -3.26. The monoisotopic (exact) mass is 580 g/mol. The van der Waals surface area contributed by atoms with Gasteiger partial charge in [0.1, 0.15) is 28.6 Å². The Labute approximate surface area is 247 Å². The van der Waals surface area contributed by atoms with E-state index in [2.05, 4.69) is 20.8 Å². The maximum absolute atomic E-state index is 14.1. The van der Waals surface area contributed by atoms with Crippen LogP contribution in [0, 0.1) is 28.1 Å². The normalized spacial score (nSPS) is 29.4. The van der Waals surface area contributed by atoms with Gasteiger partial charge in [-0.2, -0.15) is 0 Å². The summed E-state index contributed by atoms with van der Waals surface area (Å²) in [6, 6.07) is 3.11. The molecule has 8 nitrogen and oxygen atoms in total. The van der Waals surface area contributed by atoms with E-state index in [4.69, 9.17) is 0 Å². The quantitative estimate of drug-likeness (QED) is 0.301. The van der Waals surface area contributed by atoms with Gasteiger partial charge in [0.15, 0.2) is 17.2 Å². The molecule has 0 amide bonds. The van der Waals surface area contributed by atoms with Crippen LogP contribution >= 0.6 is 0 Å². The predicted molar refractivity (Wildman–Crippen MR) is 157 cm³/mol. The molecule has 1 aromatic carbocycles. The summed E-state index contributed by atoms with van der Waals surface area (Å²) in [6.45, 7) is 14.3. The number of fused-ring (bicyclic) bond motifs is 3. The van der Waals surface area contributed by atoms with Gasteiger partial charge in [0, 0.05) is 35.2 Å². The number of hydrogen-bond donors (Lipinski definition) is 4.